The first-order valence-corrected chi connectivity index (χ1v) is 10.2. The Morgan fingerprint density at radius 1 is 0.917 bits per heavy atom. The molecule has 1 aliphatic rings. The Labute approximate surface area is 150 Å². The molecule has 5 heteroatoms. The molecule has 0 aromatic carbocycles. The highest BCUT2D eigenvalue weighted by Crippen LogP contribution is 2.07. The molecule has 0 unspecified atom stereocenters. The van der Waals surface area contributed by atoms with E-state index in [-0.39, 0.29) is 0 Å². The van der Waals surface area contributed by atoms with Crippen molar-refractivity contribution in [3.05, 3.63) is 0 Å². The summed E-state index contributed by atoms with van der Waals surface area (Å²) in [6.07, 6.45) is 4.91. The first-order chi connectivity index (χ1) is 11.7. The zero-order valence-corrected chi connectivity index (χ0v) is 16.6. The summed E-state index contributed by atoms with van der Waals surface area (Å²) in [6, 6.07) is 0. The summed E-state index contributed by atoms with van der Waals surface area (Å²) in [6.45, 7) is 19.2. The van der Waals surface area contributed by atoms with E-state index in [9.17, 15) is 0 Å². The first kappa shape index (κ1) is 21.2. The lowest BCUT2D eigenvalue weighted by atomic mass is 10.0. The molecule has 5 nitrogen and oxygen atoms in total. The third-order valence-electron chi connectivity index (χ3n) is 5.11. The minimum absolute atomic E-state index is 0.710. The fourth-order valence-corrected chi connectivity index (χ4v) is 3.11. The number of likely N-dealkylation sites (N-methyl/N-ethyl adjacent to an activating group) is 1. The van der Waals surface area contributed by atoms with Crippen molar-refractivity contribution in [2.45, 2.75) is 53.4 Å². The average Bonchev–Trinajstić information content (AvgIpc) is 2.62. The van der Waals surface area contributed by atoms with Crippen molar-refractivity contribution in [2.75, 3.05) is 58.9 Å². The molecule has 0 amide bonds. The van der Waals surface area contributed by atoms with Crippen LogP contribution in [0.1, 0.15) is 53.4 Å². The van der Waals surface area contributed by atoms with Crippen LogP contribution in [0.5, 0.6) is 0 Å². The van der Waals surface area contributed by atoms with E-state index in [1.165, 1.54) is 65.0 Å². The van der Waals surface area contributed by atoms with Crippen molar-refractivity contribution < 1.29 is 0 Å². The number of piperazine rings is 1. The number of unbranched alkanes of at least 4 members (excludes halogenated alkanes) is 1. The van der Waals surface area contributed by atoms with E-state index in [1.807, 2.05) is 0 Å². The Balaban J connectivity index is 2.15. The summed E-state index contributed by atoms with van der Waals surface area (Å²) in [5, 5.41) is 6.85. The lowest BCUT2D eigenvalue weighted by molar-refractivity contribution is 0.136. The van der Waals surface area contributed by atoms with Crippen LogP contribution < -0.4 is 10.6 Å². The molecular formula is C19H41N5. The van der Waals surface area contributed by atoms with Gasteiger partial charge in [-0.15, -0.1) is 0 Å². The SMILES string of the molecule is CCNC(=NCC(CC)CC)NCCCCN1CCN(CC)CC1. The molecule has 0 atom stereocenters. The van der Waals surface area contributed by atoms with E-state index < -0.39 is 0 Å². The Hall–Kier alpha value is -0.810. The molecule has 0 saturated carbocycles. The van der Waals surface area contributed by atoms with Crippen LogP contribution in [0.15, 0.2) is 4.99 Å². The molecule has 1 heterocycles. The van der Waals surface area contributed by atoms with Crippen LogP contribution in [-0.4, -0.2) is 74.7 Å². The summed E-state index contributed by atoms with van der Waals surface area (Å²) < 4.78 is 0. The van der Waals surface area contributed by atoms with Crippen LogP contribution >= 0.6 is 0 Å². The third-order valence-corrected chi connectivity index (χ3v) is 5.11. The molecule has 142 valence electrons. The average molecular weight is 340 g/mol. The molecule has 0 aliphatic carbocycles. The van der Waals surface area contributed by atoms with Crippen LogP contribution in [0.4, 0.5) is 0 Å². The fraction of sp³-hybridized carbons (Fsp3) is 0.947. The van der Waals surface area contributed by atoms with Crippen molar-refractivity contribution in [1.29, 1.82) is 0 Å². The van der Waals surface area contributed by atoms with E-state index >= 15 is 0 Å². The quantitative estimate of drug-likeness (QED) is 0.345. The first-order valence-electron chi connectivity index (χ1n) is 10.2. The van der Waals surface area contributed by atoms with Crippen LogP contribution in [0.3, 0.4) is 0 Å². The molecule has 24 heavy (non-hydrogen) atoms. The van der Waals surface area contributed by atoms with Gasteiger partial charge in [-0.25, -0.2) is 0 Å². The molecule has 0 spiro atoms. The minimum atomic E-state index is 0.710. The second-order valence-corrected chi connectivity index (χ2v) is 6.81. The summed E-state index contributed by atoms with van der Waals surface area (Å²) >= 11 is 0. The number of hydrogen-bond acceptors (Lipinski definition) is 3. The van der Waals surface area contributed by atoms with Crippen LogP contribution in [0.2, 0.25) is 0 Å². The Kier molecular flexibility index (Phi) is 11.9. The van der Waals surface area contributed by atoms with Crippen molar-refractivity contribution >= 4 is 5.96 Å². The van der Waals surface area contributed by atoms with Gasteiger partial charge in [0.1, 0.15) is 0 Å². The van der Waals surface area contributed by atoms with E-state index in [1.54, 1.807) is 0 Å². The number of hydrogen-bond donors (Lipinski definition) is 2. The van der Waals surface area contributed by atoms with Crippen LogP contribution in [-0.2, 0) is 0 Å². The molecule has 0 radical (unpaired) electrons. The summed E-state index contributed by atoms with van der Waals surface area (Å²) in [5.41, 5.74) is 0. The van der Waals surface area contributed by atoms with Gasteiger partial charge in [-0.1, -0.05) is 33.6 Å². The minimum Gasteiger partial charge on any atom is -0.357 e. The number of nitrogens with zero attached hydrogens (tertiary/aromatic N) is 3. The van der Waals surface area contributed by atoms with Gasteiger partial charge in [-0.3, -0.25) is 4.99 Å². The summed E-state index contributed by atoms with van der Waals surface area (Å²) in [7, 11) is 0. The maximum atomic E-state index is 4.74. The van der Waals surface area contributed by atoms with Gasteiger partial charge in [0.15, 0.2) is 5.96 Å². The maximum Gasteiger partial charge on any atom is 0.191 e. The van der Waals surface area contributed by atoms with Gasteiger partial charge in [0.05, 0.1) is 0 Å². The molecule has 1 aliphatic heterocycles. The Morgan fingerprint density at radius 3 is 2.17 bits per heavy atom. The molecule has 1 rings (SSSR count). The second kappa shape index (κ2) is 13.5. The number of aliphatic imine (C=N–C) groups is 1. The molecule has 0 bridgehead atoms. The molecule has 2 N–H and O–H groups in total. The molecule has 0 aromatic rings. The van der Waals surface area contributed by atoms with E-state index in [2.05, 4.69) is 48.1 Å². The van der Waals surface area contributed by atoms with Gasteiger partial charge in [0.25, 0.3) is 0 Å². The number of guanidine groups is 1. The van der Waals surface area contributed by atoms with E-state index in [0.717, 1.165) is 25.6 Å². The monoisotopic (exact) mass is 339 g/mol. The topological polar surface area (TPSA) is 42.9 Å². The molecule has 1 saturated heterocycles. The van der Waals surface area contributed by atoms with Crippen LogP contribution in [0.25, 0.3) is 0 Å². The highest BCUT2D eigenvalue weighted by molar-refractivity contribution is 5.79. The zero-order valence-electron chi connectivity index (χ0n) is 16.6. The van der Waals surface area contributed by atoms with Crippen molar-refractivity contribution in [3.63, 3.8) is 0 Å². The standard InChI is InChI=1S/C19H41N5/c1-5-18(6-2)17-22-19(20-7-3)21-11-9-10-12-24-15-13-23(8-4)14-16-24/h18H,5-17H2,1-4H3,(H2,20,21,22). The van der Waals surface area contributed by atoms with Gasteiger partial charge in [-0.05, 0) is 38.8 Å². The predicted octanol–water partition coefficient (Wildman–Crippen LogP) is 2.40. The summed E-state index contributed by atoms with van der Waals surface area (Å²) in [4.78, 5) is 9.89. The number of rotatable bonds is 11. The van der Waals surface area contributed by atoms with Gasteiger partial charge in [0, 0.05) is 45.8 Å². The van der Waals surface area contributed by atoms with Gasteiger partial charge < -0.3 is 20.4 Å². The predicted molar refractivity (Wildman–Crippen MR) is 106 cm³/mol. The molecule has 0 aromatic heterocycles. The highest BCUT2D eigenvalue weighted by atomic mass is 15.3. The van der Waals surface area contributed by atoms with Gasteiger partial charge >= 0.3 is 0 Å². The highest BCUT2D eigenvalue weighted by Gasteiger charge is 2.14. The van der Waals surface area contributed by atoms with Gasteiger partial charge in [-0.2, -0.15) is 0 Å². The largest absolute Gasteiger partial charge is 0.357 e. The lowest BCUT2D eigenvalue weighted by Gasteiger charge is -2.34. The van der Waals surface area contributed by atoms with E-state index in [0.29, 0.717) is 5.92 Å². The number of nitrogens with one attached hydrogen (secondary N) is 2. The van der Waals surface area contributed by atoms with E-state index in [4.69, 9.17) is 4.99 Å². The second-order valence-electron chi connectivity index (χ2n) is 6.81. The van der Waals surface area contributed by atoms with Crippen molar-refractivity contribution in [1.82, 2.24) is 20.4 Å². The molecule has 1 fully saturated rings. The van der Waals surface area contributed by atoms with Crippen molar-refractivity contribution in [2.24, 2.45) is 10.9 Å². The molecular weight excluding hydrogens is 298 g/mol. The van der Waals surface area contributed by atoms with Crippen molar-refractivity contribution in [3.8, 4) is 0 Å². The maximum absolute atomic E-state index is 4.74. The Bertz CT molecular complexity index is 320. The Morgan fingerprint density at radius 2 is 1.58 bits per heavy atom. The summed E-state index contributed by atoms with van der Waals surface area (Å²) in [5.74, 6) is 1.70. The fourth-order valence-electron chi connectivity index (χ4n) is 3.11. The van der Waals surface area contributed by atoms with Gasteiger partial charge in [0.2, 0.25) is 0 Å². The van der Waals surface area contributed by atoms with Crippen LogP contribution in [0, 0.1) is 5.92 Å². The third kappa shape index (κ3) is 8.88. The smallest absolute Gasteiger partial charge is 0.191 e. The zero-order chi connectivity index (χ0) is 17.6. The lowest BCUT2D eigenvalue weighted by Crippen LogP contribution is -2.46. The normalized spacial score (nSPS) is 17.5.